The summed E-state index contributed by atoms with van der Waals surface area (Å²) < 4.78 is 79.0. The van der Waals surface area contributed by atoms with Crippen LogP contribution < -0.4 is 0 Å². The van der Waals surface area contributed by atoms with Crippen LogP contribution >= 0.6 is 0 Å². The van der Waals surface area contributed by atoms with Gasteiger partial charge in [0, 0.05) is 168 Å². The Morgan fingerprint density at radius 3 is 0.921 bits per heavy atom. The number of fused-ring (bicyclic) bond motifs is 4. The highest BCUT2D eigenvalue weighted by Gasteiger charge is 2.30. The topological polar surface area (TPSA) is 245 Å². The van der Waals surface area contributed by atoms with Crippen LogP contribution in [-0.2, 0) is 19.0 Å². The second kappa shape index (κ2) is 38.8. The molecule has 17 aromatic heterocycles. The molecular weight excluding hydrogens is 1730 g/mol. The standard InChI is InChI=1S/2C31H26N4O.C28H24N6O.C28H28N4O/c2*1-20-12-14-23(15-13-20)26-19-35(31(24-9-5-4-6-10-24)27-11-7-8-16-32-27)28-17-25(18-33-30(26)28)29-21(2)34-36-22(29)3;1-18-26(19(2)35-32-18)21-13-25-27(30-14-21)23(22-15-31-33(3)16-22)17-34(25)28(20-9-5-4-6-10-20)24-11-7-8-12-29-24;1-18-26(19(2)33-31-18)21-14-25-27(30-15-21)24(17-32(25)16-23-8-6-7-13-29-23)20-9-11-22(12-10-20)28(3,4)5/h2*4-19,31H,1-3H3;4-17,28H,1-3H3;6-15,17H,16H2,1-5H3/t2*31-;28-;/m101./s1/i2*1D3;;. The second-order valence-corrected chi connectivity index (χ2v) is 36.1. The average molecular weight is 1840 g/mol. The molecule has 0 bridgehead atoms. The van der Waals surface area contributed by atoms with E-state index in [-0.39, 0.29) is 23.5 Å². The van der Waals surface area contributed by atoms with Gasteiger partial charge in [-0.05, 0) is 186 Å². The highest BCUT2D eigenvalue weighted by Crippen LogP contribution is 2.45. The molecule has 3 atom stereocenters. The third-order valence-corrected chi connectivity index (χ3v) is 25.6. The average Bonchev–Trinajstić information content (AvgIpc) is 1.60. The van der Waals surface area contributed by atoms with Gasteiger partial charge in [-0.2, -0.15) is 5.10 Å². The maximum Gasteiger partial charge on any atom is 0.141 e. The fourth-order valence-corrected chi connectivity index (χ4v) is 18.9. The third kappa shape index (κ3) is 18.3. The summed E-state index contributed by atoms with van der Waals surface area (Å²) >= 11 is 0. The van der Waals surface area contributed by atoms with E-state index in [1.165, 1.54) is 5.56 Å². The molecule has 690 valence electrons. The Balaban J connectivity index is 0.000000119. The Kier molecular flexibility index (Phi) is 23.1. The van der Waals surface area contributed by atoms with Gasteiger partial charge >= 0.3 is 0 Å². The SMILES string of the molecule is Cc1noc(C)c1-c1cnc2c(-c3ccc(C(C)(C)C)cc3)cn(Cc3ccccn3)c2c1.Cc1noc(C)c1-c1cnc2c(-c3cnn(C)c3)cn([C@H](c3ccccc3)c3ccccn3)c2c1.[2H]C([2H])([2H])c1ccc(-c2cn([C@@H](c3ccccc3)c3ccccn3)c3cc(-c4c(C)noc4C)cnc23)cc1.[2H]C([2H])([2H])c1ccc(-c2cn([C@H](c3ccccc3)c3ccccn3)c3cc(-c4c(C)noc4C)cnc23)cc1. The zero-order valence-electron chi connectivity index (χ0n) is 85.5. The molecular formula is C118H104N18O4. The van der Waals surface area contributed by atoms with Gasteiger partial charge in [0.05, 0.1) is 102 Å². The molecule has 0 aliphatic carbocycles. The molecule has 140 heavy (non-hydrogen) atoms. The number of aryl methyl sites for hydroxylation is 11. The number of pyridine rings is 8. The molecule has 22 heteroatoms. The van der Waals surface area contributed by atoms with Crippen molar-refractivity contribution in [2.24, 2.45) is 7.05 Å². The first-order valence-corrected chi connectivity index (χ1v) is 46.4. The van der Waals surface area contributed by atoms with Crippen molar-refractivity contribution in [3.05, 3.63) is 450 Å². The van der Waals surface area contributed by atoms with E-state index >= 15 is 0 Å². The summed E-state index contributed by atoms with van der Waals surface area (Å²) in [5.74, 6) is 3.04. The number of benzene rings is 6. The van der Waals surface area contributed by atoms with E-state index in [4.69, 9.17) is 61.2 Å². The molecule has 0 unspecified atom stereocenters. The van der Waals surface area contributed by atoms with Crippen molar-refractivity contribution in [3.8, 4) is 89.0 Å². The van der Waals surface area contributed by atoms with E-state index in [2.05, 4.69) is 204 Å². The summed E-state index contributed by atoms with van der Waals surface area (Å²) in [7, 11) is 1.92. The van der Waals surface area contributed by atoms with Gasteiger partial charge in [0.25, 0.3) is 0 Å². The smallest absolute Gasteiger partial charge is 0.141 e. The van der Waals surface area contributed by atoms with E-state index in [9.17, 15) is 0 Å². The van der Waals surface area contributed by atoms with Gasteiger partial charge in [0.15, 0.2) is 0 Å². The quantitative estimate of drug-likeness (QED) is 0.0730. The highest BCUT2D eigenvalue weighted by atomic mass is 16.5. The van der Waals surface area contributed by atoms with Crippen LogP contribution in [0.4, 0.5) is 0 Å². The van der Waals surface area contributed by atoms with E-state index in [0.717, 1.165) is 218 Å². The molecule has 23 rings (SSSR count). The number of nitrogens with zero attached hydrogens (tertiary/aromatic N) is 18. The largest absolute Gasteiger partial charge is 0.361 e. The van der Waals surface area contributed by atoms with Gasteiger partial charge in [-0.3, -0.25) is 44.6 Å². The molecule has 6 aromatic carbocycles. The van der Waals surface area contributed by atoms with Crippen LogP contribution in [-0.4, -0.2) is 88.5 Å². The van der Waals surface area contributed by atoms with Gasteiger partial charge in [-0.15, -0.1) is 0 Å². The Bertz CT molecular complexity index is 8100. The van der Waals surface area contributed by atoms with Crippen LogP contribution in [0.5, 0.6) is 0 Å². The fraction of sp³-hybridized carbons (Fsp3) is 0.161. The fourth-order valence-electron chi connectivity index (χ4n) is 18.9. The molecule has 0 spiro atoms. The Morgan fingerprint density at radius 1 is 0.307 bits per heavy atom. The second-order valence-electron chi connectivity index (χ2n) is 36.1. The van der Waals surface area contributed by atoms with Crippen LogP contribution in [0.1, 0.15) is 149 Å². The van der Waals surface area contributed by atoms with Crippen molar-refractivity contribution in [2.45, 2.75) is 120 Å². The summed E-state index contributed by atoms with van der Waals surface area (Å²) in [5.41, 5.74) is 35.4. The third-order valence-electron chi connectivity index (χ3n) is 25.6. The summed E-state index contributed by atoms with van der Waals surface area (Å²) in [6.07, 6.45) is 27.2. The molecule has 17 heterocycles. The predicted molar refractivity (Wildman–Crippen MR) is 553 cm³/mol. The highest BCUT2D eigenvalue weighted by molar-refractivity contribution is 5.99. The van der Waals surface area contributed by atoms with E-state index in [0.29, 0.717) is 17.7 Å². The molecule has 0 radical (unpaired) electrons. The molecule has 0 aliphatic heterocycles. The number of aromatic nitrogens is 18. The van der Waals surface area contributed by atoms with Crippen LogP contribution in [0.3, 0.4) is 0 Å². The Labute approximate surface area is 819 Å². The zero-order valence-corrected chi connectivity index (χ0v) is 79.5. The lowest BCUT2D eigenvalue weighted by molar-refractivity contribution is 0.393. The van der Waals surface area contributed by atoms with Gasteiger partial charge in [-0.25, -0.2) is 0 Å². The van der Waals surface area contributed by atoms with Crippen LogP contribution in [0.25, 0.3) is 133 Å². The minimum absolute atomic E-state index is 0.118. The van der Waals surface area contributed by atoms with Crippen molar-refractivity contribution in [1.29, 1.82) is 0 Å². The molecule has 0 saturated heterocycles. The van der Waals surface area contributed by atoms with Crippen LogP contribution in [0, 0.1) is 69.1 Å². The first-order chi connectivity index (χ1) is 70.5. The zero-order chi connectivity index (χ0) is 101. The molecule has 0 fully saturated rings. The van der Waals surface area contributed by atoms with Crippen molar-refractivity contribution >= 4 is 44.1 Å². The lowest BCUT2D eigenvalue weighted by Crippen LogP contribution is -2.13. The van der Waals surface area contributed by atoms with Crippen molar-refractivity contribution in [1.82, 2.24) is 88.5 Å². The van der Waals surface area contributed by atoms with Gasteiger partial charge in [0.1, 0.15) is 41.2 Å². The van der Waals surface area contributed by atoms with Crippen molar-refractivity contribution in [2.75, 3.05) is 0 Å². The first-order valence-electron chi connectivity index (χ1n) is 49.4. The summed E-state index contributed by atoms with van der Waals surface area (Å²) in [5, 5.41) is 21.0. The molecule has 22 nitrogen and oxygen atoms in total. The monoisotopic (exact) mass is 1840 g/mol. The molecule has 23 aromatic rings. The van der Waals surface area contributed by atoms with E-state index in [1.54, 1.807) is 36.7 Å². The molecule has 0 aliphatic rings. The van der Waals surface area contributed by atoms with Crippen LogP contribution in [0.15, 0.2) is 366 Å². The normalized spacial score (nSPS) is 13.0. The van der Waals surface area contributed by atoms with Crippen LogP contribution in [0.2, 0.25) is 0 Å². The molecule has 0 N–H and O–H groups in total. The minimum Gasteiger partial charge on any atom is -0.361 e. The predicted octanol–water partition coefficient (Wildman–Crippen LogP) is 27.1. The number of hydrogen-bond acceptors (Lipinski definition) is 17. The van der Waals surface area contributed by atoms with Gasteiger partial charge in [-0.1, -0.05) is 241 Å². The maximum atomic E-state index is 7.75. The van der Waals surface area contributed by atoms with Gasteiger partial charge in [0.2, 0.25) is 0 Å². The van der Waals surface area contributed by atoms with E-state index < -0.39 is 13.7 Å². The molecule has 0 saturated carbocycles. The lowest BCUT2D eigenvalue weighted by atomic mass is 9.86. The van der Waals surface area contributed by atoms with Crippen molar-refractivity contribution < 1.29 is 26.3 Å². The lowest BCUT2D eigenvalue weighted by Gasteiger charge is -2.20. The maximum absolute atomic E-state index is 7.75. The van der Waals surface area contributed by atoms with Gasteiger partial charge < -0.3 is 36.4 Å². The Hall–Kier alpha value is -17.3. The summed E-state index contributed by atoms with van der Waals surface area (Å²) in [4.78, 5) is 38.5. The summed E-state index contributed by atoms with van der Waals surface area (Å²) in [6.45, 7) is 18.5. The molecule has 0 amide bonds. The minimum atomic E-state index is -2.16. The van der Waals surface area contributed by atoms with Crippen molar-refractivity contribution in [3.63, 3.8) is 0 Å². The number of hydrogen-bond donors (Lipinski definition) is 0. The number of rotatable bonds is 19. The van der Waals surface area contributed by atoms with E-state index in [1.807, 2.05) is 244 Å². The summed E-state index contributed by atoms with van der Waals surface area (Å²) in [6, 6.07) is 85.8. The Morgan fingerprint density at radius 2 is 0.621 bits per heavy atom. The first kappa shape index (κ1) is 83.3.